The van der Waals surface area contributed by atoms with Gasteiger partial charge < -0.3 is 15.7 Å². The molecule has 0 radical (unpaired) electrons. The predicted molar refractivity (Wildman–Crippen MR) is 74.9 cm³/mol. The Labute approximate surface area is 122 Å². The summed E-state index contributed by atoms with van der Waals surface area (Å²) in [5.74, 6) is -0.999. The summed E-state index contributed by atoms with van der Waals surface area (Å²) in [6, 6.07) is 4.75. The Bertz CT molecular complexity index is 612. The van der Waals surface area contributed by atoms with Crippen molar-refractivity contribution in [1.29, 1.82) is 0 Å². The van der Waals surface area contributed by atoms with Gasteiger partial charge in [-0.3, -0.25) is 4.79 Å². The Kier molecular flexibility index (Phi) is 5.68. The standard InChI is InChI=1S/C12H17N3O5S/c1-8(6-11(16)17)15-12(18)14-7-9-2-4-10(5-3-9)21(13,19)20/h2-5,8H,6-7H2,1H3,(H,16,17)(H2,13,19,20)(H2,14,15,18). The van der Waals surface area contributed by atoms with Crippen LogP contribution in [-0.2, 0) is 21.4 Å². The van der Waals surface area contributed by atoms with Crippen molar-refractivity contribution < 1.29 is 23.1 Å². The van der Waals surface area contributed by atoms with Crippen LogP contribution in [-0.4, -0.2) is 31.6 Å². The SMILES string of the molecule is CC(CC(=O)O)NC(=O)NCc1ccc(S(N)(=O)=O)cc1. The van der Waals surface area contributed by atoms with Crippen molar-refractivity contribution in [1.82, 2.24) is 10.6 Å². The second-order valence-corrected chi connectivity index (χ2v) is 6.08. The van der Waals surface area contributed by atoms with Crippen LogP contribution < -0.4 is 15.8 Å². The van der Waals surface area contributed by atoms with Crippen LogP contribution in [0.4, 0.5) is 4.79 Å². The van der Waals surface area contributed by atoms with Crippen molar-refractivity contribution in [2.75, 3.05) is 0 Å². The normalized spacial score (nSPS) is 12.5. The van der Waals surface area contributed by atoms with Crippen LogP contribution in [0.1, 0.15) is 18.9 Å². The number of nitrogens with two attached hydrogens (primary N) is 1. The molecular formula is C12H17N3O5S. The number of urea groups is 1. The van der Waals surface area contributed by atoms with E-state index in [9.17, 15) is 18.0 Å². The Balaban J connectivity index is 2.48. The number of aliphatic carboxylic acids is 1. The Morgan fingerprint density at radius 2 is 1.86 bits per heavy atom. The van der Waals surface area contributed by atoms with Crippen LogP contribution in [0.15, 0.2) is 29.2 Å². The largest absolute Gasteiger partial charge is 0.481 e. The summed E-state index contributed by atoms with van der Waals surface area (Å²) < 4.78 is 22.1. The molecule has 1 unspecified atom stereocenters. The number of rotatable bonds is 6. The lowest BCUT2D eigenvalue weighted by Gasteiger charge is -2.12. The highest BCUT2D eigenvalue weighted by molar-refractivity contribution is 7.89. The maximum absolute atomic E-state index is 11.5. The van der Waals surface area contributed by atoms with Gasteiger partial charge in [-0.1, -0.05) is 12.1 Å². The molecule has 1 aromatic carbocycles. The number of carboxylic acids is 1. The number of carbonyl (C=O) groups excluding carboxylic acids is 1. The first kappa shape index (κ1) is 16.9. The van der Waals surface area contributed by atoms with Gasteiger partial charge in [0.1, 0.15) is 0 Å². The van der Waals surface area contributed by atoms with Gasteiger partial charge in [0.25, 0.3) is 0 Å². The monoisotopic (exact) mass is 315 g/mol. The molecule has 1 aromatic rings. The Morgan fingerprint density at radius 1 is 1.29 bits per heavy atom. The highest BCUT2D eigenvalue weighted by Crippen LogP contribution is 2.08. The third-order valence-electron chi connectivity index (χ3n) is 2.56. The molecule has 5 N–H and O–H groups in total. The molecule has 21 heavy (non-hydrogen) atoms. The van der Waals surface area contributed by atoms with Crippen molar-refractivity contribution in [3.8, 4) is 0 Å². The van der Waals surface area contributed by atoms with Crippen LogP contribution in [0.3, 0.4) is 0 Å². The fourth-order valence-electron chi connectivity index (χ4n) is 1.57. The summed E-state index contributed by atoms with van der Waals surface area (Å²) >= 11 is 0. The lowest BCUT2D eigenvalue weighted by atomic mass is 10.2. The van der Waals surface area contributed by atoms with Crippen molar-refractivity contribution in [2.45, 2.75) is 30.8 Å². The van der Waals surface area contributed by atoms with E-state index < -0.39 is 28.1 Å². The second kappa shape index (κ2) is 7.04. The molecule has 9 heteroatoms. The van der Waals surface area contributed by atoms with E-state index >= 15 is 0 Å². The van der Waals surface area contributed by atoms with Crippen molar-refractivity contribution in [2.24, 2.45) is 5.14 Å². The number of sulfonamides is 1. The number of carboxylic acid groups (broad SMARTS) is 1. The maximum atomic E-state index is 11.5. The van der Waals surface area contributed by atoms with Crippen LogP contribution >= 0.6 is 0 Å². The Hall–Kier alpha value is -2.13. The molecule has 0 aromatic heterocycles. The van der Waals surface area contributed by atoms with Crippen LogP contribution in [0.5, 0.6) is 0 Å². The zero-order chi connectivity index (χ0) is 16.0. The van der Waals surface area contributed by atoms with E-state index in [0.29, 0.717) is 5.56 Å². The number of hydrogen-bond acceptors (Lipinski definition) is 4. The maximum Gasteiger partial charge on any atom is 0.315 e. The van der Waals surface area contributed by atoms with E-state index in [2.05, 4.69) is 10.6 Å². The number of nitrogens with one attached hydrogen (secondary N) is 2. The van der Waals surface area contributed by atoms with Crippen LogP contribution in [0.2, 0.25) is 0 Å². The van der Waals surface area contributed by atoms with Gasteiger partial charge in [-0.05, 0) is 24.6 Å². The van der Waals surface area contributed by atoms with Gasteiger partial charge in [0.15, 0.2) is 0 Å². The molecule has 0 saturated carbocycles. The van der Waals surface area contributed by atoms with Crippen LogP contribution in [0, 0.1) is 0 Å². The lowest BCUT2D eigenvalue weighted by Crippen LogP contribution is -2.41. The van der Waals surface area contributed by atoms with Crippen molar-refractivity contribution in [3.05, 3.63) is 29.8 Å². The molecule has 0 spiro atoms. The third kappa shape index (κ3) is 6.23. The molecule has 116 valence electrons. The highest BCUT2D eigenvalue weighted by Gasteiger charge is 2.11. The fraction of sp³-hybridized carbons (Fsp3) is 0.333. The average Bonchev–Trinajstić information content (AvgIpc) is 2.34. The van der Waals surface area contributed by atoms with Crippen molar-refractivity contribution in [3.63, 3.8) is 0 Å². The number of primary sulfonamides is 1. The second-order valence-electron chi connectivity index (χ2n) is 4.51. The van der Waals surface area contributed by atoms with Gasteiger partial charge >= 0.3 is 12.0 Å². The molecule has 1 rings (SSSR count). The summed E-state index contributed by atoms with van der Waals surface area (Å²) in [5.41, 5.74) is 0.684. The zero-order valence-electron chi connectivity index (χ0n) is 11.4. The van der Waals surface area contributed by atoms with Gasteiger partial charge in [0.2, 0.25) is 10.0 Å². The highest BCUT2D eigenvalue weighted by atomic mass is 32.2. The minimum Gasteiger partial charge on any atom is -0.481 e. The molecule has 0 aliphatic carbocycles. The number of hydrogen-bond donors (Lipinski definition) is 4. The molecule has 0 bridgehead atoms. The molecule has 0 aliphatic rings. The summed E-state index contributed by atoms with van der Waals surface area (Å²) in [7, 11) is -3.73. The fourth-order valence-corrected chi connectivity index (χ4v) is 2.08. The van der Waals surface area contributed by atoms with E-state index in [1.165, 1.54) is 24.3 Å². The summed E-state index contributed by atoms with van der Waals surface area (Å²) in [6.07, 6.45) is -0.170. The minimum absolute atomic E-state index is 0.00854. The lowest BCUT2D eigenvalue weighted by molar-refractivity contribution is -0.137. The molecule has 0 aliphatic heterocycles. The van der Waals surface area contributed by atoms with E-state index in [1.54, 1.807) is 6.92 Å². The van der Waals surface area contributed by atoms with Crippen LogP contribution in [0.25, 0.3) is 0 Å². The summed E-state index contributed by atoms with van der Waals surface area (Å²) in [4.78, 5) is 21.9. The first-order valence-corrected chi connectivity index (χ1v) is 7.61. The predicted octanol–water partition coefficient (Wildman–Crippen LogP) is -0.00360. The average molecular weight is 315 g/mol. The molecule has 8 nitrogen and oxygen atoms in total. The third-order valence-corrected chi connectivity index (χ3v) is 3.49. The first-order chi connectivity index (χ1) is 9.68. The topological polar surface area (TPSA) is 139 Å². The van der Waals surface area contributed by atoms with Gasteiger partial charge in [0.05, 0.1) is 11.3 Å². The summed E-state index contributed by atoms with van der Waals surface area (Å²) in [5, 5.41) is 18.5. The number of benzene rings is 1. The number of carbonyl (C=O) groups is 2. The van der Waals surface area contributed by atoms with E-state index in [-0.39, 0.29) is 17.9 Å². The quantitative estimate of drug-likeness (QED) is 0.585. The molecule has 1 atom stereocenters. The van der Waals surface area contributed by atoms with Crippen molar-refractivity contribution >= 4 is 22.0 Å². The minimum atomic E-state index is -3.73. The molecule has 2 amide bonds. The van der Waals surface area contributed by atoms with Gasteiger partial charge in [-0.15, -0.1) is 0 Å². The number of amides is 2. The van der Waals surface area contributed by atoms with Gasteiger partial charge in [-0.25, -0.2) is 18.4 Å². The molecule has 0 fully saturated rings. The first-order valence-electron chi connectivity index (χ1n) is 6.06. The van der Waals surface area contributed by atoms with Gasteiger partial charge in [-0.2, -0.15) is 0 Å². The Morgan fingerprint density at radius 3 is 2.33 bits per heavy atom. The van der Waals surface area contributed by atoms with E-state index in [0.717, 1.165) is 0 Å². The van der Waals surface area contributed by atoms with Gasteiger partial charge in [0, 0.05) is 12.6 Å². The summed E-state index contributed by atoms with van der Waals surface area (Å²) in [6.45, 7) is 1.76. The molecule has 0 saturated heterocycles. The molecular weight excluding hydrogens is 298 g/mol. The van der Waals surface area contributed by atoms with E-state index in [4.69, 9.17) is 10.2 Å². The molecule has 0 heterocycles. The zero-order valence-corrected chi connectivity index (χ0v) is 12.2. The smallest absolute Gasteiger partial charge is 0.315 e. The van der Waals surface area contributed by atoms with E-state index in [1.807, 2.05) is 0 Å².